The number of aromatic nitrogens is 2. The Kier molecular flexibility index (Phi) is 13.7. The number of aliphatic carboxylic acids is 1. The van der Waals surface area contributed by atoms with Crippen LogP contribution in [-0.2, 0) is 35.2 Å². The van der Waals surface area contributed by atoms with Crippen LogP contribution in [0, 0.1) is 0 Å². The van der Waals surface area contributed by atoms with Gasteiger partial charge in [-0.3, -0.25) is 24.0 Å². The Morgan fingerprint density at radius 3 is 2.03 bits per heavy atom. The largest absolute Gasteiger partial charge is 0.480 e. The van der Waals surface area contributed by atoms with Crippen molar-refractivity contribution in [3.8, 4) is 0 Å². The van der Waals surface area contributed by atoms with Crippen molar-refractivity contribution >= 4 is 47.3 Å². The van der Waals surface area contributed by atoms with Crippen molar-refractivity contribution in [3.05, 3.63) is 18.2 Å². The Hall–Kier alpha value is -3.66. The SMILES string of the molecule is CSCCC(NC(=O)C(N)CCC(N)=O)C(=O)NC(Cc1cnc[nH]1)C(=O)NC(CCC(N)=O)C(=O)O. The van der Waals surface area contributed by atoms with Gasteiger partial charge < -0.3 is 43.2 Å². The van der Waals surface area contributed by atoms with E-state index in [4.69, 9.17) is 17.2 Å². The summed E-state index contributed by atoms with van der Waals surface area (Å²) in [6.45, 7) is 0. The molecule has 1 aromatic rings. The minimum Gasteiger partial charge on any atom is -0.480 e. The number of aromatic amines is 1. The van der Waals surface area contributed by atoms with Crippen LogP contribution in [0.3, 0.4) is 0 Å². The zero-order valence-electron chi connectivity index (χ0n) is 20.4. The number of nitrogens with zero attached hydrogens (tertiary/aromatic N) is 1. The highest BCUT2D eigenvalue weighted by Gasteiger charge is 2.30. The lowest BCUT2D eigenvalue weighted by Crippen LogP contribution is -2.57. The molecule has 1 aromatic heterocycles. The molecule has 0 spiro atoms. The molecule has 1 heterocycles. The molecule has 15 nitrogen and oxygen atoms in total. The van der Waals surface area contributed by atoms with Crippen LogP contribution in [0.25, 0.3) is 0 Å². The molecule has 0 saturated carbocycles. The maximum absolute atomic E-state index is 13.1. The number of nitrogens with one attached hydrogen (secondary N) is 4. The molecule has 0 aliphatic rings. The molecule has 4 atom stereocenters. The lowest BCUT2D eigenvalue weighted by molar-refractivity contribution is -0.142. The van der Waals surface area contributed by atoms with Gasteiger partial charge in [0.05, 0.1) is 12.4 Å². The first-order chi connectivity index (χ1) is 17.4. The van der Waals surface area contributed by atoms with Crippen LogP contribution >= 0.6 is 11.8 Å². The fourth-order valence-corrected chi connectivity index (χ4v) is 3.60. The molecule has 206 valence electrons. The maximum Gasteiger partial charge on any atom is 0.326 e. The van der Waals surface area contributed by atoms with E-state index in [1.54, 1.807) is 0 Å². The highest BCUT2D eigenvalue weighted by Crippen LogP contribution is 2.07. The van der Waals surface area contributed by atoms with Gasteiger partial charge in [0, 0.05) is 31.2 Å². The summed E-state index contributed by atoms with van der Waals surface area (Å²) in [5, 5.41) is 16.8. The summed E-state index contributed by atoms with van der Waals surface area (Å²) in [6, 6.07) is -4.82. The average Bonchev–Trinajstić information content (AvgIpc) is 3.34. The second-order valence-corrected chi connectivity index (χ2v) is 9.19. The number of hydrogen-bond acceptors (Lipinski definition) is 9. The molecule has 4 unspecified atom stereocenters. The number of amides is 5. The van der Waals surface area contributed by atoms with Crippen LogP contribution < -0.4 is 33.2 Å². The molecule has 0 radical (unpaired) electrons. The lowest BCUT2D eigenvalue weighted by Gasteiger charge is -2.25. The van der Waals surface area contributed by atoms with E-state index in [1.807, 2.05) is 6.26 Å². The molecule has 0 aliphatic heterocycles. The number of nitrogens with two attached hydrogens (primary N) is 3. The number of carbonyl (C=O) groups excluding carboxylic acids is 5. The van der Waals surface area contributed by atoms with Crippen LogP contribution in [0.5, 0.6) is 0 Å². The van der Waals surface area contributed by atoms with Crippen molar-refractivity contribution in [1.82, 2.24) is 25.9 Å². The number of primary amides is 2. The smallest absolute Gasteiger partial charge is 0.326 e. The average molecular weight is 543 g/mol. The Morgan fingerprint density at radius 2 is 1.49 bits per heavy atom. The number of carbonyl (C=O) groups is 6. The van der Waals surface area contributed by atoms with Gasteiger partial charge >= 0.3 is 5.97 Å². The van der Waals surface area contributed by atoms with Crippen molar-refractivity contribution in [2.24, 2.45) is 17.2 Å². The van der Waals surface area contributed by atoms with E-state index in [2.05, 4.69) is 25.9 Å². The van der Waals surface area contributed by atoms with Gasteiger partial charge in [0.25, 0.3) is 0 Å². The van der Waals surface area contributed by atoms with Gasteiger partial charge in [-0.15, -0.1) is 0 Å². The minimum atomic E-state index is -1.42. The topological polar surface area (TPSA) is 265 Å². The first-order valence-corrected chi connectivity index (χ1v) is 12.8. The van der Waals surface area contributed by atoms with E-state index >= 15 is 0 Å². The van der Waals surface area contributed by atoms with Crippen LogP contribution in [0.15, 0.2) is 12.5 Å². The molecule has 0 saturated heterocycles. The molecule has 1 rings (SSSR count). The van der Waals surface area contributed by atoms with Crippen LogP contribution in [0.4, 0.5) is 0 Å². The molecule has 0 aliphatic carbocycles. The summed E-state index contributed by atoms with van der Waals surface area (Å²) in [4.78, 5) is 78.8. The molecule has 0 aromatic carbocycles. The van der Waals surface area contributed by atoms with Crippen LogP contribution in [0.1, 0.15) is 37.8 Å². The minimum absolute atomic E-state index is 0.00916. The van der Waals surface area contributed by atoms with E-state index in [9.17, 15) is 33.9 Å². The van der Waals surface area contributed by atoms with Gasteiger partial charge in [0.2, 0.25) is 29.5 Å². The number of imidazole rings is 1. The summed E-state index contributed by atoms with van der Waals surface area (Å²) in [5.41, 5.74) is 16.4. The van der Waals surface area contributed by atoms with Crippen LogP contribution in [0.2, 0.25) is 0 Å². The second-order valence-electron chi connectivity index (χ2n) is 8.20. The molecule has 5 amide bonds. The van der Waals surface area contributed by atoms with E-state index in [-0.39, 0.29) is 38.5 Å². The van der Waals surface area contributed by atoms with Crippen molar-refractivity contribution < 1.29 is 33.9 Å². The summed E-state index contributed by atoms with van der Waals surface area (Å²) in [7, 11) is 0. The van der Waals surface area contributed by atoms with Crippen LogP contribution in [-0.4, -0.2) is 86.8 Å². The zero-order chi connectivity index (χ0) is 28.0. The van der Waals surface area contributed by atoms with Gasteiger partial charge in [0.15, 0.2) is 0 Å². The van der Waals surface area contributed by atoms with Gasteiger partial charge in [-0.1, -0.05) is 0 Å². The molecule has 16 heteroatoms. The third kappa shape index (κ3) is 12.2. The Balaban J connectivity index is 3.02. The number of carboxylic acids is 1. The Bertz CT molecular complexity index is 943. The number of carboxylic acid groups (broad SMARTS) is 1. The van der Waals surface area contributed by atoms with Gasteiger partial charge in [0.1, 0.15) is 18.1 Å². The highest BCUT2D eigenvalue weighted by atomic mass is 32.2. The first-order valence-electron chi connectivity index (χ1n) is 11.4. The zero-order valence-corrected chi connectivity index (χ0v) is 21.2. The van der Waals surface area contributed by atoms with E-state index in [0.717, 1.165) is 0 Å². The first kappa shape index (κ1) is 31.4. The molecule has 37 heavy (non-hydrogen) atoms. The predicted octanol–water partition coefficient (Wildman–Crippen LogP) is -2.90. The Labute approximate surface area is 217 Å². The van der Waals surface area contributed by atoms with E-state index in [1.165, 1.54) is 24.3 Å². The van der Waals surface area contributed by atoms with E-state index < -0.39 is 59.7 Å². The standard InChI is InChI=1S/C21H34N8O7S/c1-37-7-6-13(27-18(32)12(22)2-4-16(23)30)19(33)29-15(8-11-9-25-10-26-11)20(34)28-14(21(35)36)3-5-17(24)31/h9-10,12-15H,2-8,22H2,1H3,(H2,23,30)(H2,24,31)(H,25,26)(H,27,32)(H,28,34)(H,29,33)(H,35,36). The monoisotopic (exact) mass is 542 g/mol. The van der Waals surface area contributed by atoms with Gasteiger partial charge in [-0.25, -0.2) is 9.78 Å². The predicted molar refractivity (Wildman–Crippen MR) is 134 cm³/mol. The third-order valence-electron chi connectivity index (χ3n) is 5.19. The number of thioether (sulfide) groups is 1. The second kappa shape index (κ2) is 16.2. The molecule has 0 fully saturated rings. The van der Waals surface area contributed by atoms with Crippen molar-refractivity contribution in [3.63, 3.8) is 0 Å². The normalized spacial score (nSPS) is 14.0. The quantitative estimate of drug-likeness (QED) is 0.0937. The highest BCUT2D eigenvalue weighted by molar-refractivity contribution is 7.98. The molecular formula is C21H34N8O7S. The Morgan fingerprint density at radius 1 is 0.919 bits per heavy atom. The molecular weight excluding hydrogens is 508 g/mol. The van der Waals surface area contributed by atoms with Crippen molar-refractivity contribution in [2.75, 3.05) is 12.0 Å². The summed E-state index contributed by atoms with van der Waals surface area (Å²) < 4.78 is 0. The molecule has 11 N–H and O–H groups in total. The summed E-state index contributed by atoms with van der Waals surface area (Å²) >= 11 is 1.43. The third-order valence-corrected chi connectivity index (χ3v) is 5.83. The molecule has 0 bridgehead atoms. The van der Waals surface area contributed by atoms with Gasteiger partial charge in [-0.2, -0.15) is 11.8 Å². The lowest BCUT2D eigenvalue weighted by atomic mass is 10.1. The van der Waals surface area contributed by atoms with Gasteiger partial charge in [-0.05, 0) is 31.3 Å². The number of H-pyrrole nitrogens is 1. The summed E-state index contributed by atoms with van der Waals surface area (Å²) in [6.07, 6.45) is 4.12. The summed E-state index contributed by atoms with van der Waals surface area (Å²) in [5.74, 6) is -4.44. The van der Waals surface area contributed by atoms with Crippen molar-refractivity contribution in [1.29, 1.82) is 0 Å². The maximum atomic E-state index is 13.1. The number of hydrogen-bond donors (Lipinski definition) is 8. The fourth-order valence-electron chi connectivity index (χ4n) is 3.13. The number of rotatable bonds is 18. The van der Waals surface area contributed by atoms with Crippen molar-refractivity contribution in [2.45, 2.75) is 62.7 Å². The fraction of sp³-hybridized carbons (Fsp3) is 0.571. The van der Waals surface area contributed by atoms with E-state index in [0.29, 0.717) is 11.4 Å².